The van der Waals surface area contributed by atoms with Gasteiger partial charge in [0.2, 0.25) is 5.91 Å². The number of rotatable bonds is 6. The maximum Gasteiger partial charge on any atom is 0.254 e. The molecule has 6 heteroatoms. The number of anilines is 1. The third-order valence-corrected chi connectivity index (χ3v) is 3.26. The highest BCUT2D eigenvalue weighted by Gasteiger charge is 2.15. The first-order valence-corrected chi connectivity index (χ1v) is 7.02. The fraction of sp³-hybridized carbons (Fsp3) is 0.467. The first-order chi connectivity index (χ1) is 9.90. The van der Waals surface area contributed by atoms with Crippen molar-refractivity contribution in [1.82, 2.24) is 10.2 Å². The molecule has 1 aromatic rings. The van der Waals surface area contributed by atoms with Crippen molar-refractivity contribution in [2.24, 2.45) is 0 Å². The third kappa shape index (κ3) is 4.44. The normalized spacial score (nSPS) is 10.3. The van der Waals surface area contributed by atoms with Crippen LogP contribution in [0.4, 0.5) is 10.1 Å². The van der Waals surface area contributed by atoms with Gasteiger partial charge in [0, 0.05) is 31.7 Å². The minimum Gasteiger partial charge on any atom is -0.399 e. The summed E-state index contributed by atoms with van der Waals surface area (Å²) in [5.41, 5.74) is 6.17. The molecular formula is C15H22FN3O2. The van der Waals surface area contributed by atoms with E-state index in [0.717, 1.165) is 0 Å². The highest BCUT2D eigenvalue weighted by molar-refractivity contribution is 5.95. The zero-order valence-corrected chi connectivity index (χ0v) is 12.7. The standard InChI is InChI=1S/C15H22FN3O2/c1-4-19(5-2)13(20)6-7-18-15(21)12-9-11(17)8-10(3)14(12)16/h8-9H,4-7,17H2,1-3H3,(H,18,21). The summed E-state index contributed by atoms with van der Waals surface area (Å²) in [7, 11) is 0. The first-order valence-electron chi connectivity index (χ1n) is 7.02. The fourth-order valence-corrected chi connectivity index (χ4v) is 2.08. The Morgan fingerprint density at radius 1 is 1.29 bits per heavy atom. The average molecular weight is 295 g/mol. The SMILES string of the molecule is CCN(CC)C(=O)CCNC(=O)c1cc(N)cc(C)c1F. The lowest BCUT2D eigenvalue weighted by molar-refractivity contribution is -0.130. The molecule has 0 aliphatic carbocycles. The van der Waals surface area contributed by atoms with Gasteiger partial charge in [0.05, 0.1) is 5.56 Å². The van der Waals surface area contributed by atoms with Crippen molar-refractivity contribution in [3.05, 3.63) is 29.1 Å². The molecule has 0 bridgehead atoms. The zero-order chi connectivity index (χ0) is 16.0. The van der Waals surface area contributed by atoms with Crippen LogP contribution >= 0.6 is 0 Å². The summed E-state index contributed by atoms with van der Waals surface area (Å²) in [6.07, 6.45) is 0.191. The molecule has 1 aromatic carbocycles. The highest BCUT2D eigenvalue weighted by Crippen LogP contribution is 2.16. The smallest absolute Gasteiger partial charge is 0.254 e. The molecule has 0 aliphatic heterocycles. The van der Waals surface area contributed by atoms with Gasteiger partial charge in [-0.2, -0.15) is 0 Å². The van der Waals surface area contributed by atoms with Crippen molar-refractivity contribution >= 4 is 17.5 Å². The minimum atomic E-state index is -0.586. The molecule has 0 atom stereocenters. The minimum absolute atomic E-state index is 0.0375. The van der Waals surface area contributed by atoms with Crippen LogP contribution in [0, 0.1) is 12.7 Å². The molecule has 0 aromatic heterocycles. The van der Waals surface area contributed by atoms with E-state index in [9.17, 15) is 14.0 Å². The van der Waals surface area contributed by atoms with E-state index in [1.807, 2.05) is 13.8 Å². The maximum absolute atomic E-state index is 13.9. The molecule has 5 nitrogen and oxygen atoms in total. The van der Waals surface area contributed by atoms with Crippen LogP contribution in [0.15, 0.2) is 12.1 Å². The van der Waals surface area contributed by atoms with Gasteiger partial charge in [-0.1, -0.05) is 0 Å². The number of hydrogen-bond acceptors (Lipinski definition) is 3. The van der Waals surface area contributed by atoms with Crippen LogP contribution in [-0.2, 0) is 4.79 Å². The van der Waals surface area contributed by atoms with Gasteiger partial charge in [-0.25, -0.2) is 4.39 Å². The molecule has 0 radical (unpaired) electrons. The van der Waals surface area contributed by atoms with Gasteiger partial charge in [0.1, 0.15) is 5.82 Å². The number of nitrogens with two attached hydrogens (primary N) is 1. The lowest BCUT2D eigenvalue weighted by atomic mass is 10.1. The molecule has 116 valence electrons. The van der Waals surface area contributed by atoms with Crippen LogP contribution in [0.3, 0.4) is 0 Å². The Balaban J connectivity index is 2.61. The van der Waals surface area contributed by atoms with E-state index in [4.69, 9.17) is 5.73 Å². The van der Waals surface area contributed by atoms with Crippen molar-refractivity contribution in [2.45, 2.75) is 27.2 Å². The summed E-state index contributed by atoms with van der Waals surface area (Å²) < 4.78 is 13.9. The summed E-state index contributed by atoms with van der Waals surface area (Å²) in [5.74, 6) is -1.18. The van der Waals surface area contributed by atoms with Gasteiger partial charge in [-0.15, -0.1) is 0 Å². The van der Waals surface area contributed by atoms with Gasteiger partial charge < -0.3 is 16.0 Å². The molecule has 0 heterocycles. The second kappa shape index (κ2) is 7.61. The summed E-state index contributed by atoms with van der Waals surface area (Å²) in [5, 5.41) is 2.55. The van der Waals surface area contributed by atoms with E-state index < -0.39 is 11.7 Å². The number of hydrogen-bond donors (Lipinski definition) is 2. The molecule has 3 N–H and O–H groups in total. The Hall–Kier alpha value is -2.11. The predicted molar refractivity (Wildman–Crippen MR) is 80.4 cm³/mol. The lowest BCUT2D eigenvalue weighted by Crippen LogP contribution is -2.34. The predicted octanol–water partition coefficient (Wildman–Crippen LogP) is 1.70. The topological polar surface area (TPSA) is 75.4 Å². The van der Waals surface area contributed by atoms with Crippen molar-refractivity contribution in [2.75, 3.05) is 25.4 Å². The molecule has 0 unspecified atom stereocenters. The van der Waals surface area contributed by atoms with Gasteiger partial charge in [0.25, 0.3) is 5.91 Å². The largest absolute Gasteiger partial charge is 0.399 e. The monoisotopic (exact) mass is 295 g/mol. The number of carbonyl (C=O) groups excluding carboxylic acids is 2. The molecule has 0 aliphatic rings. The number of nitrogen functional groups attached to an aromatic ring is 1. The van der Waals surface area contributed by atoms with E-state index in [-0.39, 0.29) is 24.4 Å². The number of nitrogens with zero attached hydrogens (tertiary/aromatic N) is 1. The summed E-state index contributed by atoms with van der Waals surface area (Å²) in [6.45, 7) is 6.77. The Morgan fingerprint density at radius 3 is 2.48 bits per heavy atom. The Kier molecular flexibility index (Phi) is 6.14. The van der Waals surface area contributed by atoms with E-state index >= 15 is 0 Å². The van der Waals surface area contributed by atoms with Crippen LogP contribution in [-0.4, -0.2) is 36.3 Å². The molecule has 0 fully saturated rings. The van der Waals surface area contributed by atoms with E-state index in [2.05, 4.69) is 5.32 Å². The van der Waals surface area contributed by atoms with Crippen LogP contribution in [0.1, 0.15) is 36.2 Å². The number of nitrogens with one attached hydrogen (secondary N) is 1. The molecule has 21 heavy (non-hydrogen) atoms. The molecule has 0 spiro atoms. The van der Waals surface area contributed by atoms with E-state index in [1.54, 1.807) is 11.8 Å². The van der Waals surface area contributed by atoms with Crippen molar-refractivity contribution in [1.29, 1.82) is 0 Å². The van der Waals surface area contributed by atoms with Gasteiger partial charge in [-0.3, -0.25) is 9.59 Å². The maximum atomic E-state index is 13.9. The molecule has 2 amide bonds. The van der Waals surface area contributed by atoms with Crippen LogP contribution in [0.25, 0.3) is 0 Å². The second-order valence-electron chi connectivity index (χ2n) is 4.77. The summed E-state index contributed by atoms with van der Waals surface area (Å²) in [6, 6.07) is 2.76. The number of aryl methyl sites for hydroxylation is 1. The van der Waals surface area contributed by atoms with Crippen molar-refractivity contribution in [3.63, 3.8) is 0 Å². The van der Waals surface area contributed by atoms with Crippen LogP contribution in [0.2, 0.25) is 0 Å². The summed E-state index contributed by atoms with van der Waals surface area (Å²) in [4.78, 5) is 25.4. The molecule has 0 saturated carbocycles. The Morgan fingerprint density at radius 2 is 1.90 bits per heavy atom. The van der Waals surface area contributed by atoms with E-state index in [0.29, 0.717) is 24.3 Å². The third-order valence-electron chi connectivity index (χ3n) is 3.26. The number of amides is 2. The highest BCUT2D eigenvalue weighted by atomic mass is 19.1. The first kappa shape index (κ1) is 16.9. The molecule has 1 rings (SSSR count). The van der Waals surface area contributed by atoms with Gasteiger partial charge >= 0.3 is 0 Å². The number of benzene rings is 1. The Bertz CT molecular complexity index is 528. The zero-order valence-electron chi connectivity index (χ0n) is 12.7. The second-order valence-corrected chi connectivity index (χ2v) is 4.77. The quantitative estimate of drug-likeness (QED) is 0.784. The Labute approximate surface area is 124 Å². The van der Waals surface area contributed by atoms with Crippen molar-refractivity contribution in [3.8, 4) is 0 Å². The molecular weight excluding hydrogens is 273 g/mol. The fourth-order valence-electron chi connectivity index (χ4n) is 2.08. The van der Waals surface area contributed by atoms with Crippen molar-refractivity contribution < 1.29 is 14.0 Å². The average Bonchev–Trinajstić information content (AvgIpc) is 2.44. The molecule has 0 saturated heterocycles. The van der Waals surface area contributed by atoms with Gasteiger partial charge in [-0.05, 0) is 38.5 Å². The summed E-state index contributed by atoms with van der Waals surface area (Å²) >= 11 is 0. The lowest BCUT2D eigenvalue weighted by Gasteiger charge is -2.18. The van der Waals surface area contributed by atoms with Crippen LogP contribution < -0.4 is 11.1 Å². The van der Waals surface area contributed by atoms with Crippen LogP contribution in [0.5, 0.6) is 0 Å². The van der Waals surface area contributed by atoms with Gasteiger partial charge in [0.15, 0.2) is 0 Å². The van der Waals surface area contributed by atoms with E-state index in [1.165, 1.54) is 12.1 Å². The number of carbonyl (C=O) groups is 2. The number of halogens is 1.